The maximum atomic E-state index is 11.6. The van der Waals surface area contributed by atoms with Gasteiger partial charge in [0.1, 0.15) is 22.8 Å². The highest BCUT2D eigenvalue weighted by atomic mass is 35.5. The molecular weight excluding hydrogens is 306 g/mol. The van der Waals surface area contributed by atoms with Crippen molar-refractivity contribution in [2.75, 3.05) is 5.32 Å². The van der Waals surface area contributed by atoms with Crippen molar-refractivity contribution >= 4 is 23.4 Å². The Morgan fingerprint density at radius 1 is 1.18 bits per heavy atom. The van der Waals surface area contributed by atoms with Crippen molar-refractivity contribution in [2.24, 2.45) is 0 Å². The van der Waals surface area contributed by atoms with E-state index in [4.69, 9.17) is 21.1 Å². The van der Waals surface area contributed by atoms with E-state index in [1.54, 1.807) is 45.0 Å². The molecule has 7 heteroatoms. The first-order valence-corrected chi connectivity index (χ1v) is 6.95. The van der Waals surface area contributed by atoms with Crippen LogP contribution in [0.2, 0.25) is 5.15 Å². The van der Waals surface area contributed by atoms with Crippen molar-refractivity contribution < 1.29 is 14.3 Å². The number of aromatic nitrogens is 2. The third kappa shape index (κ3) is 5.21. The zero-order valence-corrected chi connectivity index (χ0v) is 13.2. The summed E-state index contributed by atoms with van der Waals surface area (Å²) >= 11 is 5.75. The number of nitrogens with one attached hydrogen (secondary N) is 1. The lowest BCUT2D eigenvalue weighted by molar-refractivity contribution is 0.0636. The molecule has 1 N–H and O–H groups in total. The summed E-state index contributed by atoms with van der Waals surface area (Å²) in [6.07, 6.45) is 0.805. The summed E-state index contributed by atoms with van der Waals surface area (Å²) < 4.78 is 10.7. The summed E-state index contributed by atoms with van der Waals surface area (Å²) in [5, 5.41) is 2.93. The fourth-order valence-electron chi connectivity index (χ4n) is 1.52. The molecule has 0 radical (unpaired) electrons. The second-order valence-corrected chi connectivity index (χ2v) is 5.82. The number of anilines is 1. The van der Waals surface area contributed by atoms with Crippen LogP contribution in [0.25, 0.3) is 0 Å². The van der Waals surface area contributed by atoms with Gasteiger partial charge in [0.15, 0.2) is 0 Å². The lowest BCUT2D eigenvalue weighted by atomic mass is 10.2. The second-order valence-electron chi connectivity index (χ2n) is 5.43. The topological polar surface area (TPSA) is 73.3 Å². The molecule has 1 aromatic carbocycles. The highest BCUT2D eigenvalue weighted by molar-refractivity contribution is 6.29. The predicted molar refractivity (Wildman–Crippen MR) is 83.4 cm³/mol. The van der Waals surface area contributed by atoms with E-state index in [-0.39, 0.29) is 0 Å². The van der Waals surface area contributed by atoms with Crippen LogP contribution in [0.3, 0.4) is 0 Å². The summed E-state index contributed by atoms with van der Waals surface area (Å²) in [5.41, 5.74) is 0.0571. The van der Waals surface area contributed by atoms with Gasteiger partial charge < -0.3 is 9.47 Å². The summed E-state index contributed by atoms with van der Waals surface area (Å²) in [7, 11) is 0. The molecule has 0 unspecified atom stereocenters. The number of ether oxygens (including phenoxy) is 2. The molecule has 1 amide bonds. The van der Waals surface area contributed by atoms with Crippen molar-refractivity contribution in [1.82, 2.24) is 9.97 Å². The largest absolute Gasteiger partial charge is 0.444 e. The molecule has 0 spiro atoms. The highest BCUT2D eigenvalue weighted by Gasteiger charge is 2.16. The zero-order valence-electron chi connectivity index (χ0n) is 12.5. The van der Waals surface area contributed by atoms with Gasteiger partial charge >= 0.3 is 6.09 Å². The second kappa shape index (κ2) is 6.62. The van der Waals surface area contributed by atoms with E-state index in [0.29, 0.717) is 22.5 Å². The van der Waals surface area contributed by atoms with Gasteiger partial charge in [-0.05, 0) is 45.0 Å². The van der Waals surface area contributed by atoms with Crippen molar-refractivity contribution in [3.8, 4) is 11.6 Å². The number of benzene rings is 1. The Bertz CT molecular complexity index is 654. The molecule has 0 aliphatic carbocycles. The fraction of sp³-hybridized carbons (Fsp3) is 0.267. The number of nitrogens with zero attached hydrogens (tertiary/aromatic N) is 2. The molecule has 0 fully saturated rings. The molecule has 1 heterocycles. The first-order chi connectivity index (χ1) is 10.3. The Morgan fingerprint density at radius 3 is 2.45 bits per heavy atom. The fourth-order valence-corrected chi connectivity index (χ4v) is 1.66. The van der Waals surface area contributed by atoms with Gasteiger partial charge in [0, 0.05) is 11.8 Å². The van der Waals surface area contributed by atoms with Crippen LogP contribution >= 0.6 is 11.6 Å². The smallest absolute Gasteiger partial charge is 0.412 e. The van der Waals surface area contributed by atoms with Crippen molar-refractivity contribution in [3.63, 3.8) is 0 Å². The van der Waals surface area contributed by atoms with Crippen LogP contribution < -0.4 is 10.1 Å². The Kier molecular flexibility index (Phi) is 4.82. The minimum Gasteiger partial charge on any atom is -0.444 e. The molecule has 0 aliphatic heterocycles. The van der Waals surface area contributed by atoms with Gasteiger partial charge in [-0.1, -0.05) is 11.6 Å². The van der Waals surface area contributed by atoms with Crippen LogP contribution in [0, 0.1) is 0 Å². The third-order valence-electron chi connectivity index (χ3n) is 2.33. The van der Waals surface area contributed by atoms with E-state index in [0.717, 1.165) is 0 Å². The Hall–Kier alpha value is -2.34. The molecule has 1 aromatic heterocycles. The summed E-state index contributed by atoms with van der Waals surface area (Å²) in [4.78, 5) is 19.4. The maximum Gasteiger partial charge on any atom is 0.412 e. The molecule has 6 nitrogen and oxygen atoms in total. The van der Waals surface area contributed by atoms with Crippen LogP contribution in [0.1, 0.15) is 20.8 Å². The minimum atomic E-state index is -0.542. The minimum absolute atomic E-state index is 0.299. The van der Waals surface area contributed by atoms with Gasteiger partial charge in [-0.25, -0.2) is 14.8 Å². The van der Waals surface area contributed by atoms with Gasteiger partial charge in [-0.2, -0.15) is 0 Å². The summed E-state index contributed by atoms with van der Waals surface area (Å²) in [6, 6.07) is 8.30. The third-order valence-corrected chi connectivity index (χ3v) is 2.54. The van der Waals surface area contributed by atoms with Gasteiger partial charge in [0.25, 0.3) is 0 Å². The lowest BCUT2D eigenvalue weighted by Gasteiger charge is -2.19. The Balaban J connectivity index is 1.97. The van der Waals surface area contributed by atoms with Crippen molar-refractivity contribution in [3.05, 3.63) is 41.8 Å². The van der Waals surface area contributed by atoms with Crippen LogP contribution in [0.5, 0.6) is 11.6 Å². The van der Waals surface area contributed by atoms with E-state index in [1.807, 2.05) is 0 Å². The number of hydrogen-bond donors (Lipinski definition) is 1. The SMILES string of the molecule is CC(C)(C)OC(=O)Nc1ccc(Oc2cc(Cl)ncn2)cc1. The quantitative estimate of drug-likeness (QED) is 0.855. The standard InChI is InChI=1S/C15H16ClN3O3/c1-15(2,3)22-14(20)19-10-4-6-11(7-5-10)21-13-8-12(16)17-9-18-13/h4-9H,1-3H3,(H,19,20). The molecule has 0 atom stereocenters. The highest BCUT2D eigenvalue weighted by Crippen LogP contribution is 2.22. The maximum absolute atomic E-state index is 11.6. The van der Waals surface area contributed by atoms with E-state index < -0.39 is 11.7 Å². The van der Waals surface area contributed by atoms with Crippen LogP contribution in [-0.2, 0) is 4.74 Å². The summed E-state index contributed by atoms with van der Waals surface area (Å²) in [5.74, 6) is 0.900. The Labute approximate surface area is 133 Å². The van der Waals surface area contributed by atoms with Gasteiger partial charge in [0.2, 0.25) is 5.88 Å². The molecular formula is C15H16ClN3O3. The first-order valence-electron chi connectivity index (χ1n) is 6.57. The van der Waals surface area contributed by atoms with Gasteiger partial charge in [0.05, 0.1) is 0 Å². The van der Waals surface area contributed by atoms with E-state index in [9.17, 15) is 4.79 Å². The molecule has 116 valence electrons. The van der Waals surface area contributed by atoms with Crippen molar-refractivity contribution in [1.29, 1.82) is 0 Å². The van der Waals surface area contributed by atoms with Crippen LogP contribution in [0.4, 0.5) is 10.5 Å². The van der Waals surface area contributed by atoms with Gasteiger partial charge in [-0.15, -0.1) is 0 Å². The molecule has 0 bridgehead atoms. The summed E-state index contributed by atoms with van der Waals surface area (Å²) in [6.45, 7) is 5.41. The van der Waals surface area contributed by atoms with Gasteiger partial charge in [-0.3, -0.25) is 5.32 Å². The predicted octanol–water partition coefficient (Wildman–Crippen LogP) is 4.27. The number of rotatable bonds is 3. The number of halogens is 1. The van der Waals surface area contributed by atoms with E-state index >= 15 is 0 Å². The first kappa shape index (κ1) is 16.0. The van der Waals surface area contributed by atoms with Crippen LogP contribution in [0.15, 0.2) is 36.7 Å². The lowest BCUT2D eigenvalue weighted by Crippen LogP contribution is -2.27. The number of carbonyl (C=O) groups is 1. The van der Waals surface area contributed by atoms with E-state index in [1.165, 1.54) is 12.4 Å². The molecule has 2 aromatic rings. The number of amides is 1. The average molecular weight is 322 g/mol. The normalized spacial score (nSPS) is 10.9. The monoisotopic (exact) mass is 321 g/mol. The molecule has 0 aliphatic rings. The Morgan fingerprint density at radius 2 is 1.86 bits per heavy atom. The van der Waals surface area contributed by atoms with Crippen molar-refractivity contribution in [2.45, 2.75) is 26.4 Å². The number of carbonyl (C=O) groups excluding carboxylic acids is 1. The number of hydrogen-bond acceptors (Lipinski definition) is 5. The van der Waals surface area contributed by atoms with Crippen LogP contribution in [-0.4, -0.2) is 21.7 Å². The molecule has 0 saturated carbocycles. The average Bonchev–Trinajstić information content (AvgIpc) is 2.39. The zero-order chi connectivity index (χ0) is 16.2. The van der Waals surface area contributed by atoms with E-state index in [2.05, 4.69) is 15.3 Å². The molecule has 2 rings (SSSR count). The molecule has 0 saturated heterocycles. The molecule has 22 heavy (non-hydrogen) atoms.